The Morgan fingerprint density at radius 1 is 1.33 bits per heavy atom. The number of nitrogens with zero attached hydrogens (tertiary/aromatic N) is 3. The summed E-state index contributed by atoms with van der Waals surface area (Å²) < 4.78 is 1.93. The Morgan fingerprint density at radius 3 is 2.78 bits per heavy atom. The molecule has 0 radical (unpaired) electrons. The van der Waals surface area contributed by atoms with Gasteiger partial charge in [-0.1, -0.05) is 18.2 Å². The molecule has 1 fully saturated rings. The van der Waals surface area contributed by atoms with Crippen LogP contribution in [0.1, 0.15) is 5.56 Å². The molecule has 94 valence electrons. The third-order valence-electron chi connectivity index (χ3n) is 3.47. The van der Waals surface area contributed by atoms with Crippen LogP contribution in [0.2, 0.25) is 0 Å². The quantitative estimate of drug-likeness (QED) is 0.876. The van der Waals surface area contributed by atoms with Gasteiger partial charge < -0.3 is 5.32 Å². The zero-order valence-electron chi connectivity index (χ0n) is 10.6. The van der Waals surface area contributed by atoms with Crippen LogP contribution < -0.4 is 5.32 Å². The average Bonchev–Trinajstić information content (AvgIpc) is 2.76. The Kier molecular flexibility index (Phi) is 3.13. The van der Waals surface area contributed by atoms with Gasteiger partial charge in [-0.3, -0.25) is 4.90 Å². The molecular weight excluding hydrogens is 224 g/mol. The van der Waals surface area contributed by atoms with E-state index in [9.17, 15) is 0 Å². The van der Waals surface area contributed by atoms with Crippen LogP contribution in [-0.2, 0) is 6.54 Å². The van der Waals surface area contributed by atoms with Crippen molar-refractivity contribution in [3.63, 3.8) is 0 Å². The number of hydrogen-bond donors (Lipinski definition) is 1. The summed E-state index contributed by atoms with van der Waals surface area (Å²) in [5.74, 6) is 0. The predicted molar refractivity (Wildman–Crippen MR) is 71.7 cm³/mol. The fourth-order valence-electron chi connectivity index (χ4n) is 2.17. The average molecular weight is 242 g/mol. The molecule has 1 aromatic carbocycles. The minimum atomic E-state index is 0.671. The highest BCUT2D eigenvalue weighted by Gasteiger charge is 2.21. The molecule has 2 aromatic rings. The number of hydrogen-bond acceptors (Lipinski definition) is 3. The molecule has 1 saturated heterocycles. The van der Waals surface area contributed by atoms with Gasteiger partial charge in [-0.05, 0) is 19.2 Å². The van der Waals surface area contributed by atoms with Crippen LogP contribution in [0.25, 0.3) is 5.69 Å². The number of likely N-dealkylation sites (N-methyl/N-ethyl adjacent to an activating group) is 1. The molecule has 1 N–H and O–H groups in total. The fraction of sp³-hybridized carbons (Fsp3) is 0.357. The Labute approximate surface area is 107 Å². The highest BCUT2D eigenvalue weighted by molar-refractivity contribution is 5.30. The topological polar surface area (TPSA) is 33.1 Å². The second-order valence-electron chi connectivity index (χ2n) is 4.86. The molecule has 1 aliphatic rings. The zero-order chi connectivity index (χ0) is 12.4. The van der Waals surface area contributed by atoms with E-state index in [0.29, 0.717) is 6.04 Å². The van der Waals surface area contributed by atoms with E-state index < -0.39 is 0 Å². The van der Waals surface area contributed by atoms with Crippen molar-refractivity contribution in [1.82, 2.24) is 20.0 Å². The third kappa shape index (κ3) is 2.30. The van der Waals surface area contributed by atoms with Crippen LogP contribution in [0.15, 0.2) is 42.7 Å². The highest BCUT2D eigenvalue weighted by Crippen LogP contribution is 2.11. The van der Waals surface area contributed by atoms with Crippen molar-refractivity contribution in [1.29, 1.82) is 0 Å². The van der Waals surface area contributed by atoms with E-state index in [1.165, 1.54) is 5.56 Å². The molecule has 1 aliphatic heterocycles. The normalized spacial score (nSPS) is 15.9. The van der Waals surface area contributed by atoms with Crippen LogP contribution in [0.4, 0.5) is 0 Å². The van der Waals surface area contributed by atoms with Gasteiger partial charge in [0.15, 0.2) is 0 Å². The molecule has 0 amide bonds. The first-order valence-electron chi connectivity index (χ1n) is 6.33. The van der Waals surface area contributed by atoms with Crippen LogP contribution in [0, 0.1) is 0 Å². The van der Waals surface area contributed by atoms with Gasteiger partial charge in [0.05, 0.1) is 11.9 Å². The van der Waals surface area contributed by atoms with Gasteiger partial charge in [-0.25, -0.2) is 4.68 Å². The molecule has 0 aliphatic carbocycles. The number of aromatic nitrogens is 2. The monoisotopic (exact) mass is 242 g/mol. The van der Waals surface area contributed by atoms with Gasteiger partial charge in [0.2, 0.25) is 0 Å². The lowest BCUT2D eigenvalue weighted by Crippen LogP contribution is -2.55. The molecule has 4 heteroatoms. The van der Waals surface area contributed by atoms with E-state index in [1.54, 1.807) is 0 Å². The second kappa shape index (κ2) is 4.92. The molecular formula is C14H18N4. The molecule has 0 saturated carbocycles. The van der Waals surface area contributed by atoms with Crippen molar-refractivity contribution >= 4 is 0 Å². The van der Waals surface area contributed by atoms with Crippen molar-refractivity contribution in [3.8, 4) is 5.69 Å². The van der Waals surface area contributed by atoms with Gasteiger partial charge >= 0.3 is 0 Å². The molecule has 1 aromatic heterocycles. The van der Waals surface area contributed by atoms with Crippen LogP contribution in [0.3, 0.4) is 0 Å². The van der Waals surface area contributed by atoms with Crippen molar-refractivity contribution < 1.29 is 0 Å². The first-order chi connectivity index (χ1) is 8.83. The zero-order valence-corrected chi connectivity index (χ0v) is 10.6. The maximum Gasteiger partial charge on any atom is 0.0645 e. The summed E-state index contributed by atoms with van der Waals surface area (Å²) in [6.45, 7) is 3.16. The molecule has 0 atom stereocenters. The maximum atomic E-state index is 4.42. The summed E-state index contributed by atoms with van der Waals surface area (Å²) in [5.41, 5.74) is 2.37. The maximum absolute atomic E-state index is 4.42. The number of para-hydroxylation sites is 1. The summed E-state index contributed by atoms with van der Waals surface area (Å²) in [6, 6.07) is 10.9. The SMILES string of the molecule is CN(Cc1cnn(-c2ccccc2)c1)C1CNC1. The van der Waals surface area contributed by atoms with Gasteiger partial charge in [0.25, 0.3) is 0 Å². The minimum Gasteiger partial charge on any atom is -0.314 e. The molecule has 0 unspecified atom stereocenters. The Bertz CT molecular complexity index is 502. The first-order valence-corrected chi connectivity index (χ1v) is 6.33. The number of benzene rings is 1. The predicted octanol–water partition coefficient (Wildman–Crippen LogP) is 1.28. The molecule has 3 rings (SSSR count). The van der Waals surface area contributed by atoms with Crippen molar-refractivity contribution in [2.45, 2.75) is 12.6 Å². The van der Waals surface area contributed by atoms with Gasteiger partial charge in [-0.2, -0.15) is 5.10 Å². The van der Waals surface area contributed by atoms with E-state index in [1.807, 2.05) is 29.1 Å². The van der Waals surface area contributed by atoms with E-state index in [-0.39, 0.29) is 0 Å². The summed E-state index contributed by atoms with van der Waals surface area (Å²) in [5, 5.41) is 7.71. The molecule has 2 heterocycles. The first kappa shape index (κ1) is 11.4. The lowest BCUT2D eigenvalue weighted by Gasteiger charge is -2.35. The Morgan fingerprint density at radius 2 is 2.11 bits per heavy atom. The van der Waals surface area contributed by atoms with Crippen molar-refractivity contribution in [3.05, 3.63) is 48.3 Å². The van der Waals surface area contributed by atoms with Crippen LogP contribution >= 0.6 is 0 Å². The van der Waals surface area contributed by atoms with Crippen molar-refractivity contribution in [2.24, 2.45) is 0 Å². The molecule has 0 bridgehead atoms. The van der Waals surface area contributed by atoms with Crippen LogP contribution in [0.5, 0.6) is 0 Å². The Balaban J connectivity index is 1.69. The fourth-order valence-corrected chi connectivity index (χ4v) is 2.17. The number of rotatable bonds is 4. The van der Waals surface area contributed by atoms with Gasteiger partial charge in [0, 0.05) is 37.4 Å². The van der Waals surface area contributed by atoms with E-state index in [0.717, 1.165) is 25.3 Å². The highest BCUT2D eigenvalue weighted by atomic mass is 15.3. The lowest BCUT2D eigenvalue weighted by molar-refractivity contribution is 0.173. The van der Waals surface area contributed by atoms with E-state index in [4.69, 9.17) is 0 Å². The minimum absolute atomic E-state index is 0.671. The summed E-state index contributed by atoms with van der Waals surface area (Å²) in [6.07, 6.45) is 4.06. The third-order valence-corrected chi connectivity index (χ3v) is 3.47. The summed E-state index contributed by atoms with van der Waals surface area (Å²) >= 11 is 0. The van der Waals surface area contributed by atoms with Crippen LogP contribution in [-0.4, -0.2) is 40.9 Å². The standard InChI is InChI=1S/C14H18N4/c1-17(14-8-15-9-14)10-12-7-16-18(11-12)13-5-3-2-4-6-13/h2-7,11,14-15H,8-10H2,1H3. The largest absolute Gasteiger partial charge is 0.314 e. The number of nitrogens with one attached hydrogen (secondary N) is 1. The summed E-state index contributed by atoms with van der Waals surface area (Å²) in [7, 11) is 2.17. The van der Waals surface area contributed by atoms with E-state index >= 15 is 0 Å². The Hall–Kier alpha value is -1.65. The smallest absolute Gasteiger partial charge is 0.0645 e. The second-order valence-corrected chi connectivity index (χ2v) is 4.86. The van der Waals surface area contributed by atoms with Gasteiger partial charge in [-0.15, -0.1) is 0 Å². The summed E-state index contributed by atoms with van der Waals surface area (Å²) in [4.78, 5) is 2.38. The molecule has 0 spiro atoms. The van der Waals surface area contributed by atoms with E-state index in [2.05, 4.69) is 40.7 Å². The lowest BCUT2D eigenvalue weighted by atomic mass is 10.1. The van der Waals surface area contributed by atoms with Gasteiger partial charge in [0.1, 0.15) is 0 Å². The van der Waals surface area contributed by atoms with Crippen molar-refractivity contribution in [2.75, 3.05) is 20.1 Å². The molecule has 4 nitrogen and oxygen atoms in total. The molecule has 18 heavy (non-hydrogen) atoms.